The van der Waals surface area contributed by atoms with E-state index in [1.807, 2.05) is 0 Å². The Morgan fingerprint density at radius 3 is 2.27 bits per heavy atom. The molecule has 0 bridgehead atoms. The maximum atomic E-state index is 15.4. The Morgan fingerprint density at radius 1 is 0.881 bits per heavy atom. The van der Waals surface area contributed by atoms with Gasteiger partial charge in [0.1, 0.15) is 5.69 Å². The van der Waals surface area contributed by atoms with E-state index in [0.717, 1.165) is 10.6 Å². The highest BCUT2D eigenvalue weighted by Gasteiger charge is 2.63. The van der Waals surface area contributed by atoms with Crippen LogP contribution in [-0.4, -0.2) is 54.4 Å². The number of nitrogens with zero attached hydrogens (tertiary/aromatic N) is 5. The topological polar surface area (TPSA) is 157 Å². The van der Waals surface area contributed by atoms with Gasteiger partial charge in [-0.15, -0.1) is 0 Å². The number of aryl methyl sites for hydroxylation is 2. The molecule has 1 aliphatic heterocycles. The summed E-state index contributed by atoms with van der Waals surface area (Å²) in [6, 6.07) is 24.1. The van der Waals surface area contributed by atoms with Gasteiger partial charge in [0.2, 0.25) is 0 Å². The molecule has 1 fully saturated rings. The molecular weight excluding hydrogens is 758 g/mol. The van der Waals surface area contributed by atoms with Crippen LogP contribution in [0, 0.1) is 11.7 Å². The second kappa shape index (κ2) is 14.1. The number of aromatic nitrogens is 5. The molecule has 1 N–H and O–H groups in total. The fourth-order valence-electron chi connectivity index (χ4n) is 9.54. The predicted molar refractivity (Wildman–Crippen MR) is 215 cm³/mol. The molecule has 9 rings (SSSR count). The first-order valence-electron chi connectivity index (χ1n) is 19.1. The van der Waals surface area contributed by atoms with Crippen LogP contribution in [0.25, 0.3) is 16.6 Å². The summed E-state index contributed by atoms with van der Waals surface area (Å²) in [5.74, 6) is -3.42. The van der Waals surface area contributed by atoms with Gasteiger partial charge in [-0.2, -0.15) is 0 Å². The largest absolute Gasteiger partial charge is 0.505 e. The highest BCUT2D eigenvalue weighted by atomic mass is 19.1. The Kier molecular flexibility index (Phi) is 8.94. The molecule has 2 aliphatic carbocycles. The summed E-state index contributed by atoms with van der Waals surface area (Å²) in [7, 11) is 4.57. The Bertz CT molecular complexity index is 2980. The highest BCUT2D eigenvalue weighted by molar-refractivity contribution is 6.31. The number of rotatable bonds is 8. The molecule has 3 heterocycles. The van der Waals surface area contributed by atoms with Crippen molar-refractivity contribution < 1.29 is 28.6 Å². The number of phenolic OH excluding ortho intramolecular Hbond substituents is 1. The second-order valence-electron chi connectivity index (χ2n) is 15.1. The first kappa shape index (κ1) is 37.5. The van der Waals surface area contributed by atoms with Gasteiger partial charge >= 0.3 is 11.4 Å². The third kappa shape index (κ3) is 5.57. The molecule has 6 aromatic rings. The van der Waals surface area contributed by atoms with Gasteiger partial charge in [0, 0.05) is 49.6 Å². The predicted octanol–water partition coefficient (Wildman–Crippen LogP) is 4.62. The lowest BCUT2D eigenvalue weighted by molar-refractivity contribution is -0.133. The molecule has 0 unspecified atom stereocenters. The zero-order valence-electron chi connectivity index (χ0n) is 32.3. The number of ether oxygens (including phenoxy) is 2. The SMILES string of the molecule is COc1cc2nc(CCn3c(=O)n4n(c3=O)[C@@H]3C[C@H]5C(=O)C(c6ccccc6)=CC(=O)[C@@]5(c5ccccc5)[C@@H](c5ccc(O)c(F)c5)C3=CC4)c(=O)n(C)c2cc1OC. The summed E-state index contributed by atoms with van der Waals surface area (Å²) >= 11 is 0. The van der Waals surface area contributed by atoms with Crippen molar-refractivity contribution in [1.82, 2.24) is 23.5 Å². The molecule has 0 amide bonds. The summed E-state index contributed by atoms with van der Waals surface area (Å²) in [5.41, 5.74) is -0.0401. The molecule has 3 aliphatic rings. The van der Waals surface area contributed by atoms with Crippen LogP contribution < -0.4 is 26.4 Å². The third-order valence-corrected chi connectivity index (χ3v) is 12.2. The van der Waals surface area contributed by atoms with Crippen LogP contribution in [-0.2, 0) is 41.6 Å². The molecule has 14 heteroatoms. The molecule has 1 saturated carbocycles. The van der Waals surface area contributed by atoms with Crippen molar-refractivity contribution in [3.8, 4) is 17.2 Å². The minimum atomic E-state index is -1.58. The average molecular weight is 796 g/mol. The minimum Gasteiger partial charge on any atom is -0.505 e. The molecule has 59 heavy (non-hydrogen) atoms. The molecule has 0 spiro atoms. The molecule has 0 saturated heterocycles. The number of Topliss-reactive ketones (excluding diaryl/α,β-unsaturated/α-hetero) is 1. The van der Waals surface area contributed by atoms with E-state index in [9.17, 15) is 19.5 Å². The summed E-state index contributed by atoms with van der Waals surface area (Å²) < 4.78 is 31.3. The van der Waals surface area contributed by atoms with Crippen molar-refractivity contribution in [3.05, 3.63) is 168 Å². The molecule has 13 nitrogen and oxygen atoms in total. The maximum Gasteiger partial charge on any atom is 0.347 e. The monoisotopic (exact) mass is 795 g/mol. The number of phenols is 1. The van der Waals surface area contributed by atoms with Crippen LogP contribution >= 0.6 is 0 Å². The number of fused-ring (bicyclic) bond motifs is 5. The molecule has 4 atom stereocenters. The third-order valence-electron chi connectivity index (χ3n) is 12.2. The number of ketones is 2. The van der Waals surface area contributed by atoms with Crippen molar-refractivity contribution >= 4 is 28.2 Å². The summed E-state index contributed by atoms with van der Waals surface area (Å²) in [6.45, 7) is -0.250. The first-order chi connectivity index (χ1) is 28.5. The van der Waals surface area contributed by atoms with Crippen LogP contribution in [0.2, 0.25) is 0 Å². The number of halogens is 1. The quantitative estimate of drug-likeness (QED) is 0.217. The van der Waals surface area contributed by atoms with E-state index < -0.39 is 51.8 Å². The van der Waals surface area contributed by atoms with Gasteiger partial charge in [-0.05, 0) is 46.9 Å². The van der Waals surface area contributed by atoms with Gasteiger partial charge in [0.25, 0.3) is 5.56 Å². The maximum absolute atomic E-state index is 15.4. The van der Waals surface area contributed by atoms with Crippen molar-refractivity contribution in [2.24, 2.45) is 13.0 Å². The average Bonchev–Trinajstić information content (AvgIpc) is 3.50. The van der Waals surface area contributed by atoms with Crippen LogP contribution in [0.4, 0.5) is 4.39 Å². The molecule has 4 aromatic carbocycles. The van der Waals surface area contributed by atoms with Crippen LogP contribution in [0.1, 0.15) is 40.8 Å². The number of aromatic hydroxyl groups is 1. The van der Waals surface area contributed by atoms with Gasteiger partial charge in [-0.25, -0.2) is 32.9 Å². The van der Waals surface area contributed by atoms with Crippen LogP contribution in [0.5, 0.6) is 17.2 Å². The van der Waals surface area contributed by atoms with Crippen molar-refractivity contribution in [3.63, 3.8) is 0 Å². The molecular formula is C45H38FN5O8. The summed E-state index contributed by atoms with van der Waals surface area (Å²) in [6.07, 6.45) is 3.07. The van der Waals surface area contributed by atoms with Gasteiger partial charge < -0.3 is 19.1 Å². The molecule has 298 valence electrons. The summed E-state index contributed by atoms with van der Waals surface area (Å²) in [5, 5.41) is 10.3. The van der Waals surface area contributed by atoms with E-state index in [4.69, 9.17) is 9.47 Å². The standard InChI is InChI=1S/C45H38FN5O8/c1-48-35-24-38(59-3)37(58-2)23-33(35)47-32(42(48)55)17-18-49-43(56)50-19-16-28-34(51(50)44(49)57)22-30-41(54)29(25-10-6-4-7-11-25)21-39(53)45(30,27-12-8-5-9-13-27)40(28)26-14-15-36(52)31(46)20-26/h4-16,20-21,23-24,30,34,40,52H,17-19,22H2,1-3H3/t30-,34+,40-,45-/m0/s1. The number of benzene rings is 4. The normalized spacial score (nSPS) is 21.0. The fraction of sp³-hybridized carbons (Fsp3) is 0.244. The lowest BCUT2D eigenvalue weighted by Crippen LogP contribution is -2.58. The minimum absolute atomic E-state index is 0.0338. The smallest absolute Gasteiger partial charge is 0.347 e. The van der Waals surface area contributed by atoms with Crippen molar-refractivity contribution in [2.75, 3.05) is 14.2 Å². The zero-order valence-corrected chi connectivity index (χ0v) is 32.3. The van der Waals surface area contributed by atoms with Crippen LogP contribution in [0.15, 0.2) is 123 Å². The summed E-state index contributed by atoms with van der Waals surface area (Å²) in [4.78, 5) is 77.0. The number of carbonyl (C=O) groups excluding carboxylic acids is 2. The fourth-order valence-corrected chi connectivity index (χ4v) is 9.54. The number of allylic oxidation sites excluding steroid dienone is 4. The number of hydrogen-bond donors (Lipinski definition) is 1. The number of hydrogen-bond acceptors (Lipinski definition) is 9. The first-order valence-corrected chi connectivity index (χ1v) is 19.1. The van der Waals surface area contributed by atoms with E-state index in [0.29, 0.717) is 44.8 Å². The molecule has 0 radical (unpaired) electrons. The highest BCUT2D eigenvalue weighted by Crippen LogP contribution is 2.61. The van der Waals surface area contributed by atoms with E-state index in [1.165, 1.54) is 46.4 Å². The van der Waals surface area contributed by atoms with Crippen molar-refractivity contribution in [2.45, 2.75) is 43.3 Å². The van der Waals surface area contributed by atoms with Crippen LogP contribution in [0.3, 0.4) is 0 Å². The van der Waals surface area contributed by atoms with E-state index in [2.05, 4.69) is 4.98 Å². The van der Waals surface area contributed by atoms with Crippen molar-refractivity contribution in [1.29, 1.82) is 0 Å². The second-order valence-corrected chi connectivity index (χ2v) is 15.1. The zero-order chi connectivity index (χ0) is 41.3. The van der Waals surface area contributed by atoms with Gasteiger partial charge in [0.15, 0.2) is 34.6 Å². The Balaban J connectivity index is 1.19. The lowest BCUT2D eigenvalue weighted by atomic mass is 9.47. The Morgan fingerprint density at radius 2 is 1.58 bits per heavy atom. The van der Waals surface area contributed by atoms with E-state index in [1.54, 1.807) is 85.9 Å². The Hall–Kier alpha value is -7.09. The van der Waals surface area contributed by atoms with Gasteiger partial charge in [0.05, 0.1) is 43.3 Å². The van der Waals surface area contributed by atoms with Gasteiger partial charge in [-0.3, -0.25) is 14.4 Å². The number of carbonyl (C=O) groups is 2. The van der Waals surface area contributed by atoms with Gasteiger partial charge in [-0.1, -0.05) is 72.8 Å². The van der Waals surface area contributed by atoms with E-state index >= 15 is 14.0 Å². The van der Waals surface area contributed by atoms with E-state index in [-0.39, 0.29) is 48.8 Å². The number of methoxy groups -OCH3 is 2. The molecule has 2 aromatic heterocycles. The lowest BCUT2D eigenvalue weighted by Gasteiger charge is -2.54. The Labute approximate surface area is 335 Å².